The molecule has 0 amide bonds. The summed E-state index contributed by atoms with van der Waals surface area (Å²) in [5.41, 5.74) is 1.23. The predicted octanol–water partition coefficient (Wildman–Crippen LogP) is 3.49. The summed E-state index contributed by atoms with van der Waals surface area (Å²) in [6.07, 6.45) is 2.44. The van der Waals surface area contributed by atoms with Gasteiger partial charge >= 0.3 is 0 Å². The molecular formula is C16H24BrNO2. The zero-order chi connectivity index (χ0) is 14.5. The van der Waals surface area contributed by atoms with E-state index in [1.807, 2.05) is 6.07 Å². The molecule has 0 radical (unpaired) electrons. The normalized spacial score (nSPS) is 22.4. The van der Waals surface area contributed by atoms with Crippen LogP contribution in [0, 0.1) is 5.92 Å². The van der Waals surface area contributed by atoms with Crippen LogP contribution < -0.4 is 10.1 Å². The van der Waals surface area contributed by atoms with E-state index in [2.05, 4.69) is 47.2 Å². The standard InChI is InChI=1S/C16H24BrNO2/c1-11(2)9-18-10-12-6-7-15(13(17)8-12)20-16-5-3-4-14(16)19/h6-8,11,14,16,18-19H,3-5,9-10H2,1-2H3. The highest BCUT2D eigenvalue weighted by molar-refractivity contribution is 9.10. The van der Waals surface area contributed by atoms with Crippen LogP contribution in [0.4, 0.5) is 0 Å². The fourth-order valence-corrected chi connectivity index (χ4v) is 2.98. The molecule has 20 heavy (non-hydrogen) atoms. The van der Waals surface area contributed by atoms with Crippen molar-refractivity contribution in [2.75, 3.05) is 6.54 Å². The summed E-state index contributed by atoms with van der Waals surface area (Å²) in [7, 11) is 0. The van der Waals surface area contributed by atoms with E-state index in [0.29, 0.717) is 5.92 Å². The average molecular weight is 342 g/mol. The quantitative estimate of drug-likeness (QED) is 0.832. The molecule has 112 valence electrons. The maximum absolute atomic E-state index is 9.81. The molecular weight excluding hydrogens is 318 g/mol. The van der Waals surface area contributed by atoms with E-state index in [9.17, 15) is 5.11 Å². The van der Waals surface area contributed by atoms with Gasteiger partial charge < -0.3 is 15.2 Å². The third kappa shape index (κ3) is 4.47. The first-order valence-corrected chi connectivity index (χ1v) is 8.19. The Labute approximate surface area is 129 Å². The van der Waals surface area contributed by atoms with Gasteiger partial charge in [-0.05, 0) is 65.4 Å². The van der Waals surface area contributed by atoms with Gasteiger partial charge in [0.1, 0.15) is 11.9 Å². The lowest BCUT2D eigenvalue weighted by atomic mass is 10.2. The molecule has 1 saturated carbocycles. The smallest absolute Gasteiger partial charge is 0.134 e. The van der Waals surface area contributed by atoms with Crippen molar-refractivity contribution >= 4 is 15.9 Å². The molecule has 2 N–H and O–H groups in total. The maximum atomic E-state index is 9.81. The van der Waals surface area contributed by atoms with E-state index in [0.717, 1.165) is 42.6 Å². The first-order valence-electron chi connectivity index (χ1n) is 7.40. The van der Waals surface area contributed by atoms with Crippen molar-refractivity contribution in [3.8, 4) is 5.75 Å². The molecule has 0 spiro atoms. The zero-order valence-electron chi connectivity index (χ0n) is 12.2. The van der Waals surface area contributed by atoms with Crippen LogP contribution in [0.15, 0.2) is 22.7 Å². The summed E-state index contributed by atoms with van der Waals surface area (Å²) in [5, 5.41) is 13.2. The first kappa shape index (κ1) is 15.8. The number of rotatable bonds is 6. The molecule has 1 aliphatic carbocycles. The third-order valence-electron chi connectivity index (χ3n) is 3.57. The van der Waals surface area contributed by atoms with Gasteiger partial charge in [0.05, 0.1) is 10.6 Å². The average Bonchev–Trinajstić information content (AvgIpc) is 2.78. The van der Waals surface area contributed by atoms with Crippen LogP contribution in [0.25, 0.3) is 0 Å². The number of benzene rings is 1. The largest absolute Gasteiger partial charge is 0.487 e. The number of halogens is 1. The van der Waals surface area contributed by atoms with Crippen LogP contribution in [0.5, 0.6) is 5.75 Å². The molecule has 0 saturated heterocycles. The second kappa shape index (κ2) is 7.43. The van der Waals surface area contributed by atoms with Crippen LogP contribution >= 0.6 is 15.9 Å². The lowest BCUT2D eigenvalue weighted by Gasteiger charge is -2.18. The number of hydrogen-bond acceptors (Lipinski definition) is 3. The van der Waals surface area contributed by atoms with E-state index in [-0.39, 0.29) is 12.2 Å². The Bertz CT molecular complexity index is 436. The van der Waals surface area contributed by atoms with E-state index in [4.69, 9.17) is 4.74 Å². The lowest BCUT2D eigenvalue weighted by molar-refractivity contribution is 0.0599. The molecule has 0 heterocycles. The summed E-state index contributed by atoms with van der Waals surface area (Å²) >= 11 is 3.56. The van der Waals surface area contributed by atoms with Crippen molar-refractivity contribution in [1.82, 2.24) is 5.32 Å². The topological polar surface area (TPSA) is 41.5 Å². The molecule has 1 aromatic rings. The van der Waals surface area contributed by atoms with Gasteiger partial charge in [-0.1, -0.05) is 19.9 Å². The lowest BCUT2D eigenvalue weighted by Crippen LogP contribution is -2.25. The molecule has 1 aliphatic rings. The fraction of sp³-hybridized carbons (Fsp3) is 0.625. The molecule has 4 heteroatoms. The Morgan fingerprint density at radius 3 is 2.80 bits per heavy atom. The second-order valence-corrected chi connectivity index (χ2v) is 6.80. The SMILES string of the molecule is CC(C)CNCc1ccc(OC2CCCC2O)c(Br)c1. The maximum Gasteiger partial charge on any atom is 0.134 e. The minimum atomic E-state index is -0.325. The molecule has 2 atom stereocenters. The van der Waals surface area contributed by atoms with Crippen molar-refractivity contribution in [2.45, 2.75) is 51.9 Å². The third-order valence-corrected chi connectivity index (χ3v) is 4.19. The summed E-state index contributed by atoms with van der Waals surface area (Å²) in [5.74, 6) is 1.48. The van der Waals surface area contributed by atoms with Gasteiger partial charge in [-0.25, -0.2) is 0 Å². The number of ether oxygens (including phenoxy) is 1. The number of hydrogen-bond donors (Lipinski definition) is 2. The van der Waals surface area contributed by atoms with Crippen molar-refractivity contribution in [2.24, 2.45) is 5.92 Å². The minimum Gasteiger partial charge on any atom is -0.487 e. The highest BCUT2D eigenvalue weighted by Gasteiger charge is 2.27. The van der Waals surface area contributed by atoms with E-state index >= 15 is 0 Å². The summed E-state index contributed by atoms with van der Waals surface area (Å²) in [6, 6.07) is 6.15. The van der Waals surface area contributed by atoms with Crippen LogP contribution in [-0.2, 0) is 6.54 Å². The number of nitrogens with one attached hydrogen (secondary N) is 1. The summed E-state index contributed by atoms with van der Waals surface area (Å²) in [4.78, 5) is 0. The summed E-state index contributed by atoms with van der Waals surface area (Å²) < 4.78 is 6.86. The van der Waals surface area contributed by atoms with Gasteiger partial charge in [0.15, 0.2) is 0 Å². The van der Waals surface area contributed by atoms with Crippen LogP contribution in [-0.4, -0.2) is 23.9 Å². The van der Waals surface area contributed by atoms with Gasteiger partial charge in [0.2, 0.25) is 0 Å². The Morgan fingerprint density at radius 1 is 1.40 bits per heavy atom. The molecule has 1 aromatic carbocycles. The first-order chi connectivity index (χ1) is 9.56. The van der Waals surface area contributed by atoms with E-state index < -0.39 is 0 Å². The van der Waals surface area contributed by atoms with Crippen molar-refractivity contribution in [3.63, 3.8) is 0 Å². The number of aliphatic hydroxyl groups is 1. The molecule has 1 fully saturated rings. The van der Waals surface area contributed by atoms with Gasteiger partial charge in [-0.3, -0.25) is 0 Å². The molecule has 2 rings (SSSR count). The molecule has 2 unspecified atom stereocenters. The molecule has 0 aliphatic heterocycles. The Kier molecular flexibility index (Phi) is 5.87. The van der Waals surface area contributed by atoms with Crippen molar-refractivity contribution < 1.29 is 9.84 Å². The van der Waals surface area contributed by atoms with Gasteiger partial charge in [0, 0.05) is 6.54 Å². The zero-order valence-corrected chi connectivity index (χ0v) is 13.8. The van der Waals surface area contributed by atoms with E-state index in [1.165, 1.54) is 5.56 Å². The van der Waals surface area contributed by atoms with Crippen molar-refractivity contribution in [1.29, 1.82) is 0 Å². The van der Waals surface area contributed by atoms with Crippen LogP contribution in [0.1, 0.15) is 38.7 Å². The Morgan fingerprint density at radius 2 is 2.20 bits per heavy atom. The Balaban J connectivity index is 1.91. The minimum absolute atomic E-state index is 0.0591. The van der Waals surface area contributed by atoms with E-state index in [1.54, 1.807) is 0 Å². The van der Waals surface area contributed by atoms with Gasteiger partial charge in [-0.2, -0.15) is 0 Å². The molecule has 3 nitrogen and oxygen atoms in total. The monoisotopic (exact) mass is 341 g/mol. The van der Waals surface area contributed by atoms with Crippen LogP contribution in [0.3, 0.4) is 0 Å². The van der Waals surface area contributed by atoms with Gasteiger partial charge in [0.25, 0.3) is 0 Å². The second-order valence-electron chi connectivity index (χ2n) is 5.94. The molecule has 0 bridgehead atoms. The molecule has 0 aromatic heterocycles. The Hall–Kier alpha value is -0.580. The van der Waals surface area contributed by atoms with Crippen molar-refractivity contribution in [3.05, 3.63) is 28.2 Å². The van der Waals surface area contributed by atoms with Crippen LogP contribution in [0.2, 0.25) is 0 Å². The predicted molar refractivity (Wildman–Crippen MR) is 85.0 cm³/mol. The summed E-state index contributed by atoms with van der Waals surface area (Å²) in [6.45, 7) is 6.28. The highest BCUT2D eigenvalue weighted by atomic mass is 79.9. The van der Waals surface area contributed by atoms with Gasteiger partial charge in [-0.15, -0.1) is 0 Å². The fourth-order valence-electron chi connectivity index (χ4n) is 2.46. The number of aliphatic hydroxyl groups excluding tert-OH is 1. The highest BCUT2D eigenvalue weighted by Crippen LogP contribution is 2.31.